The van der Waals surface area contributed by atoms with Crippen molar-refractivity contribution in [2.45, 2.75) is 13.1 Å². The molecule has 2 rings (SSSR count). The van der Waals surface area contributed by atoms with Crippen molar-refractivity contribution in [1.29, 1.82) is 0 Å². The number of halogens is 1. The van der Waals surface area contributed by atoms with Gasteiger partial charge in [0.05, 0.1) is 11.6 Å². The van der Waals surface area contributed by atoms with E-state index in [4.69, 9.17) is 11.6 Å². The molecule has 0 spiro atoms. The zero-order valence-electron chi connectivity index (χ0n) is 9.31. The number of phenols is 1. The van der Waals surface area contributed by atoms with Gasteiger partial charge in [0.1, 0.15) is 5.75 Å². The molecule has 0 aliphatic heterocycles. The molecule has 17 heavy (non-hydrogen) atoms. The van der Waals surface area contributed by atoms with E-state index in [1.54, 1.807) is 12.3 Å². The lowest BCUT2D eigenvalue weighted by molar-refractivity contribution is 0.462. The van der Waals surface area contributed by atoms with Gasteiger partial charge in [-0.2, -0.15) is 5.10 Å². The molecule has 0 unspecified atom stereocenters. The Kier molecular flexibility index (Phi) is 4.01. The molecule has 2 N–H and O–H groups in total. The Morgan fingerprint density at radius 3 is 3.00 bits per heavy atom. The van der Waals surface area contributed by atoms with Crippen LogP contribution in [0.5, 0.6) is 5.75 Å². The number of hydrogen-bond donors (Lipinski definition) is 2. The molecule has 0 aliphatic rings. The van der Waals surface area contributed by atoms with E-state index >= 15 is 0 Å². The topological polar surface area (TPSA) is 50.1 Å². The predicted molar refractivity (Wildman–Crippen MR) is 67.1 cm³/mol. The predicted octanol–water partition coefficient (Wildman–Crippen LogP) is 2.03. The Morgan fingerprint density at radius 2 is 2.24 bits per heavy atom. The molecule has 1 heterocycles. The van der Waals surface area contributed by atoms with Crippen molar-refractivity contribution in [2.24, 2.45) is 0 Å². The molecule has 0 saturated heterocycles. The molecule has 0 saturated carbocycles. The van der Waals surface area contributed by atoms with Crippen molar-refractivity contribution in [1.82, 2.24) is 15.1 Å². The Labute approximate surface area is 105 Å². The molecular formula is C12H14ClN3O. The quantitative estimate of drug-likeness (QED) is 0.800. The van der Waals surface area contributed by atoms with Gasteiger partial charge in [0.2, 0.25) is 0 Å². The van der Waals surface area contributed by atoms with Crippen LogP contribution in [0.15, 0.2) is 36.7 Å². The van der Waals surface area contributed by atoms with Crippen LogP contribution in [-0.4, -0.2) is 21.4 Å². The summed E-state index contributed by atoms with van der Waals surface area (Å²) in [5, 5.41) is 17.4. The van der Waals surface area contributed by atoms with Crippen LogP contribution in [0, 0.1) is 0 Å². The second-order valence-corrected chi connectivity index (χ2v) is 4.10. The summed E-state index contributed by atoms with van der Waals surface area (Å²) in [5.41, 5.74) is 0.804. The zero-order chi connectivity index (χ0) is 12.1. The van der Waals surface area contributed by atoms with Gasteiger partial charge < -0.3 is 10.4 Å². The highest BCUT2D eigenvalue weighted by molar-refractivity contribution is 6.32. The summed E-state index contributed by atoms with van der Waals surface area (Å²) in [6.45, 7) is 2.18. The summed E-state index contributed by atoms with van der Waals surface area (Å²) in [5.74, 6) is 0.153. The fourth-order valence-electron chi connectivity index (χ4n) is 1.55. The minimum atomic E-state index is 0.153. The highest BCUT2D eigenvalue weighted by Crippen LogP contribution is 2.26. The Morgan fingerprint density at radius 1 is 1.35 bits per heavy atom. The monoisotopic (exact) mass is 251 g/mol. The van der Waals surface area contributed by atoms with E-state index in [1.165, 1.54) is 0 Å². The normalized spacial score (nSPS) is 10.6. The van der Waals surface area contributed by atoms with E-state index in [0.717, 1.165) is 18.7 Å². The van der Waals surface area contributed by atoms with Gasteiger partial charge in [-0.1, -0.05) is 23.7 Å². The molecule has 0 atom stereocenters. The van der Waals surface area contributed by atoms with Gasteiger partial charge in [-0.3, -0.25) is 4.68 Å². The average Bonchev–Trinajstić information content (AvgIpc) is 2.83. The first-order valence-electron chi connectivity index (χ1n) is 5.42. The summed E-state index contributed by atoms with van der Waals surface area (Å²) in [4.78, 5) is 0. The van der Waals surface area contributed by atoms with Gasteiger partial charge >= 0.3 is 0 Å². The van der Waals surface area contributed by atoms with E-state index in [2.05, 4.69) is 10.4 Å². The maximum absolute atomic E-state index is 9.69. The van der Waals surface area contributed by atoms with Crippen molar-refractivity contribution in [3.63, 3.8) is 0 Å². The molecule has 0 amide bonds. The van der Waals surface area contributed by atoms with Crippen molar-refractivity contribution in [3.8, 4) is 5.75 Å². The maximum Gasteiger partial charge on any atom is 0.138 e. The van der Waals surface area contributed by atoms with E-state index < -0.39 is 0 Å². The molecule has 0 bridgehead atoms. The fourth-order valence-corrected chi connectivity index (χ4v) is 1.75. The number of aromatic hydroxyl groups is 1. The fraction of sp³-hybridized carbons (Fsp3) is 0.250. The van der Waals surface area contributed by atoms with Gasteiger partial charge in [0.15, 0.2) is 0 Å². The van der Waals surface area contributed by atoms with E-state index in [-0.39, 0.29) is 5.75 Å². The molecular weight excluding hydrogens is 238 g/mol. The van der Waals surface area contributed by atoms with E-state index in [1.807, 2.05) is 29.1 Å². The molecule has 0 fully saturated rings. The van der Waals surface area contributed by atoms with Crippen LogP contribution in [0.2, 0.25) is 5.02 Å². The number of nitrogens with zero attached hydrogens (tertiary/aromatic N) is 2. The standard InChI is InChI=1S/C12H14ClN3O/c13-11-4-1-3-10(12(11)17)9-14-6-8-16-7-2-5-15-16/h1-5,7,14,17H,6,8-9H2. The lowest BCUT2D eigenvalue weighted by Crippen LogP contribution is -2.19. The van der Waals surface area contributed by atoms with Crippen LogP contribution < -0.4 is 5.32 Å². The minimum Gasteiger partial charge on any atom is -0.506 e. The van der Waals surface area contributed by atoms with Gasteiger partial charge in [-0.25, -0.2) is 0 Å². The number of rotatable bonds is 5. The highest BCUT2D eigenvalue weighted by Gasteiger charge is 2.03. The minimum absolute atomic E-state index is 0.153. The molecule has 4 nitrogen and oxygen atoms in total. The first-order valence-corrected chi connectivity index (χ1v) is 5.79. The zero-order valence-corrected chi connectivity index (χ0v) is 10.1. The summed E-state index contributed by atoms with van der Waals surface area (Å²) >= 11 is 5.82. The first-order chi connectivity index (χ1) is 8.27. The molecule has 1 aromatic carbocycles. The second kappa shape index (κ2) is 5.70. The number of para-hydroxylation sites is 1. The molecule has 2 aromatic rings. The first kappa shape index (κ1) is 12.0. The average molecular weight is 252 g/mol. The Hall–Kier alpha value is -1.52. The SMILES string of the molecule is Oc1c(Cl)cccc1CNCCn1cccn1. The van der Waals surface area contributed by atoms with Gasteiger partial charge in [-0.05, 0) is 12.1 Å². The van der Waals surface area contributed by atoms with Gasteiger partial charge in [0.25, 0.3) is 0 Å². The summed E-state index contributed by atoms with van der Waals surface area (Å²) < 4.78 is 1.85. The summed E-state index contributed by atoms with van der Waals surface area (Å²) in [6.07, 6.45) is 3.67. The van der Waals surface area contributed by atoms with E-state index in [0.29, 0.717) is 11.6 Å². The van der Waals surface area contributed by atoms with Crippen LogP contribution in [0.25, 0.3) is 0 Å². The van der Waals surface area contributed by atoms with Gasteiger partial charge in [-0.15, -0.1) is 0 Å². The third-order valence-corrected chi connectivity index (χ3v) is 2.77. The van der Waals surface area contributed by atoms with Crippen LogP contribution in [0.4, 0.5) is 0 Å². The Bertz CT molecular complexity index is 471. The second-order valence-electron chi connectivity index (χ2n) is 3.69. The molecule has 90 valence electrons. The number of benzene rings is 1. The van der Waals surface area contributed by atoms with Crippen molar-refractivity contribution in [2.75, 3.05) is 6.54 Å². The van der Waals surface area contributed by atoms with Crippen molar-refractivity contribution < 1.29 is 5.11 Å². The highest BCUT2D eigenvalue weighted by atomic mass is 35.5. The number of aromatic nitrogens is 2. The van der Waals surface area contributed by atoms with E-state index in [9.17, 15) is 5.11 Å². The van der Waals surface area contributed by atoms with Crippen molar-refractivity contribution >= 4 is 11.6 Å². The van der Waals surface area contributed by atoms with Gasteiger partial charge in [0, 0.05) is 31.0 Å². The molecule has 0 aliphatic carbocycles. The lowest BCUT2D eigenvalue weighted by Gasteiger charge is -2.07. The molecule has 1 aromatic heterocycles. The molecule has 0 radical (unpaired) electrons. The summed E-state index contributed by atoms with van der Waals surface area (Å²) in [7, 11) is 0. The smallest absolute Gasteiger partial charge is 0.138 e. The van der Waals surface area contributed by atoms with Crippen LogP contribution >= 0.6 is 11.6 Å². The Balaban J connectivity index is 1.80. The number of nitrogens with one attached hydrogen (secondary N) is 1. The number of phenolic OH excluding ortho intramolecular Hbond substituents is 1. The largest absolute Gasteiger partial charge is 0.506 e. The lowest BCUT2D eigenvalue weighted by atomic mass is 10.2. The van der Waals surface area contributed by atoms with Crippen LogP contribution in [-0.2, 0) is 13.1 Å². The third kappa shape index (κ3) is 3.22. The van der Waals surface area contributed by atoms with Crippen molar-refractivity contribution in [3.05, 3.63) is 47.2 Å². The number of hydrogen-bond acceptors (Lipinski definition) is 3. The summed E-state index contributed by atoms with van der Waals surface area (Å²) in [6, 6.07) is 7.24. The molecule has 5 heteroatoms. The van der Waals surface area contributed by atoms with Crippen LogP contribution in [0.1, 0.15) is 5.56 Å². The van der Waals surface area contributed by atoms with Crippen LogP contribution in [0.3, 0.4) is 0 Å². The maximum atomic E-state index is 9.69. The third-order valence-electron chi connectivity index (χ3n) is 2.46.